The fourth-order valence-electron chi connectivity index (χ4n) is 0. The molecule has 0 unspecified atom stereocenters. The maximum atomic E-state index is 10.1. The summed E-state index contributed by atoms with van der Waals surface area (Å²) in [4.78, 5) is 0. The Bertz CT molecular complexity index is 218. The zero-order valence-corrected chi connectivity index (χ0v) is 9.74. The predicted molar refractivity (Wildman–Crippen MR) is 63.1 cm³/mol. The fourth-order valence-corrected chi connectivity index (χ4v) is 0. The molecule has 7 N–H and O–H groups in total. The molecule has 0 amide bonds. The molecule has 0 radical (unpaired) electrons. The van der Waals surface area contributed by atoms with Crippen LogP contribution in [-0.4, -0.2) is 89.9 Å². The second-order valence-electron chi connectivity index (χ2n) is 1.80. The van der Waals surface area contributed by atoms with E-state index in [1.54, 1.807) is 0 Å². The Morgan fingerprint density at radius 1 is 0.842 bits per heavy atom. The summed E-state index contributed by atoms with van der Waals surface area (Å²) in [6.07, 6.45) is 0. The summed E-state index contributed by atoms with van der Waals surface area (Å²) in [7, 11) is -11.7. The first-order chi connectivity index (χ1) is 7.76. The summed E-state index contributed by atoms with van der Waals surface area (Å²) in [5.41, 5.74) is 0. The minimum atomic E-state index is -3.66. The third kappa shape index (κ3) is 456. The first kappa shape index (κ1) is 31.6. The van der Waals surface area contributed by atoms with Crippen LogP contribution in [0.5, 0.6) is 0 Å². The molecule has 0 aliphatic heterocycles. The molecule has 19 heavy (non-hydrogen) atoms. The van der Waals surface area contributed by atoms with Gasteiger partial charge in [-0.05, 0) is 6.92 Å². The van der Waals surface area contributed by atoms with Gasteiger partial charge in [0.05, 0.1) is 5.75 Å². The molecule has 0 aliphatic rings. The van der Waals surface area contributed by atoms with Crippen LogP contribution in [0.2, 0.25) is 0 Å². The monoisotopic (exact) mass is 310 g/mol. The van der Waals surface area contributed by atoms with Crippen LogP contribution < -0.4 is 0 Å². The topological polar surface area (TPSA) is 176 Å². The van der Waals surface area contributed by atoms with Crippen LogP contribution in [0.4, 0.5) is 12.9 Å². The third-order valence-electron chi connectivity index (χ3n) is 0.365. The van der Waals surface area contributed by atoms with Gasteiger partial charge in [-0.2, -0.15) is 8.42 Å². The Morgan fingerprint density at radius 2 is 0.895 bits per heavy atom. The van der Waals surface area contributed by atoms with Crippen molar-refractivity contribution in [3.8, 4) is 0 Å². The van der Waals surface area contributed by atoms with E-state index in [9.17, 15) is 21.4 Å². The number of hydrogen-bond acceptors (Lipinski definition) is 8. The van der Waals surface area contributed by atoms with Crippen LogP contribution in [0.25, 0.3) is 0 Å². The van der Waals surface area contributed by atoms with E-state index in [1.807, 2.05) is 0 Å². The van der Waals surface area contributed by atoms with Gasteiger partial charge >= 0.3 is 41.0 Å². The van der Waals surface area contributed by atoms with Crippen molar-refractivity contribution in [2.24, 2.45) is 0 Å². The zero-order chi connectivity index (χ0) is 15.9. The first-order valence-corrected chi connectivity index (χ1v) is 5.32. The minimum absolute atomic E-state index is 0. The Hall–Kier alpha value is 0.252. The van der Waals surface area contributed by atoms with Crippen LogP contribution in [0.3, 0.4) is 0 Å². The molecular weight excluding hydrogens is 296 g/mol. The number of hydrogen-bond donors (Lipinski definition) is 7. The van der Waals surface area contributed by atoms with Gasteiger partial charge in [-0.15, -0.1) is 0 Å². The van der Waals surface area contributed by atoms with Crippen molar-refractivity contribution >= 4 is 51.2 Å². The molecule has 112 valence electrons. The average molecular weight is 310 g/mol. The molecule has 9 nitrogen and oxygen atoms in total. The fraction of sp³-hybridized carbons (Fsp3) is 1.00. The standard InChI is InChI=1S/C2H6O3S.3BFH2O2.Li.H/c1-2-6(3,4)5;3*2-1(3)4;;/h2H2,1H3,(H,3,4,5);3*3-4H;;. The van der Waals surface area contributed by atoms with E-state index in [4.69, 9.17) is 34.7 Å². The normalized spacial score (nSPS) is 7.95. The summed E-state index contributed by atoms with van der Waals surface area (Å²) >= 11 is 0. The van der Waals surface area contributed by atoms with Crippen LogP contribution in [0, 0.1) is 0 Å². The predicted octanol–water partition coefficient (Wildman–Crippen LogP) is -3.98. The van der Waals surface area contributed by atoms with Crippen molar-refractivity contribution in [3.05, 3.63) is 0 Å². The molecule has 0 atom stereocenters. The maximum absolute atomic E-state index is 10.1. The van der Waals surface area contributed by atoms with E-state index in [0.29, 0.717) is 0 Å². The molecule has 0 bridgehead atoms. The van der Waals surface area contributed by atoms with Crippen LogP contribution in [-0.2, 0) is 10.1 Å². The van der Waals surface area contributed by atoms with Crippen LogP contribution >= 0.6 is 0 Å². The van der Waals surface area contributed by atoms with Gasteiger partial charge in [-0.25, -0.2) is 0 Å². The molecule has 0 aromatic rings. The number of rotatable bonds is 1. The van der Waals surface area contributed by atoms with Gasteiger partial charge in [0, 0.05) is 0 Å². The van der Waals surface area contributed by atoms with E-state index in [-0.39, 0.29) is 24.6 Å². The van der Waals surface area contributed by atoms with E-state index < -0.39 is 32.3 Å². The molecule has 0 heterocycles. The van der Waals surface area contributed by atoms with Crippen molar-refractivity contribution in [1.29, 1.82) is 0 Å². The molecule has 0 fully saturated rings. The van der Waals surface area contributed by atoms with E-state index in [1.165, 1.54) is 6.92 Å². The van der Waals surface area contributed by atoms with Gasteiger partial charge < -0.3 is 30.1 Å². The van der Waals surface area contributed by atoms with Crippen LogP contribution in [0.1, 0.15) is 6.92 Å². The van der Waals surface area contributed by atoms with Crippen molar-refractivity contribution in [3.63, 3.8) is 0 Å². The van der Waals surface area contributed by atoms with E-state index >= 15 is 0 Å². The molecule has 0 aromatic carbocycles. The third-order valence-corrected chi connectivity index (χ3v) is 1.09. The van der Waals surface area contributed by atoms with E-state index in [0.717, 1.165) is 0 Å². The van der Waals surface area contributed by atoms with Crippen molar-refractivity contribution < 1.29 is 56.1 Å². The van der Waals surface area contributed by atoms with E-state index in [2.05, 4.69) is 0 Å². The Kier molecular flexibility index (Phi) is 34.2. The van der Waals surface area contributed by atoms with Crippen molar-refractivity contribution in [2.75, 3.05) is 5.75 Å². The van der Waals surface area contributed by atoms with Gasteiger partial charge in [-0.1, -0.05) is 0 Å². The molecule has 0 aromatic heterocycles. The molecule has 0 saturated carbocycles. The Morgan fingerprint density at radius 3 is 0.895 bits per heavy atom. The van der Waals surface area contributed by atoms with Crippen molar-refractivity contribution in [2.45, 2.75) is 6.92 Å². The molecular formula is C2H13B3F3LiO9S. The first-order valence-electron chi connectivity index (χ1n) is 3.72. The van der Waals surface area contributed by atoms with Gasteiger partial charge in [-0.3, -0.25) is 17.5 Å². The SMILES string of the molecule is CCS(=O)(=O)O.OB(O)F.OB(O)F.OB(O)F.[LiH]. The average Bonchev–Trinajstić information content (AvgIpc) is 1.99. The van der Waals surface area contributed by atoms with Crippen LogP contribution in [0.15, 0.2) is 0 Å². The molecule has 0 aliphatic carbocycles. The summed E-state index contributed by atoms with van der Waals surface area (Å²) in [5.74, 6) is -0.201. The molecule has 0 spiro atoms. The summed E-state index contributed by atoms with van der Waals surface area (Å²) in [5, 5.41) is 41.7. The summed E-state index contributed by atoms with van der Waals surface area (Å²) in [6.45, 7) is 1.37. The second-order valence-corrected chi connectivity index (χ2v) is 3.54. The summed E-state index contributed by atoms with van der Waals surface area (Å²) in [6, 6.07) is 0. The molecule has 0 rings (SSSR count). The molecule has 17 heteroatoms. The Balaban J connectivity index is -0.0000000459. The van der Waals surface area contributed by atoms with Gasteiger partial charge in [0.1, 0.15) is 0 Å². The van der Waals surface area contributed by atoms with Gasteiger partial charge in [0.2, 0.25) is 0 Å². The zero-order valence-electron chi connectivity index (χ0n) is 8.93. The summed E-state index contributed by atoms with van der Waals surface area (Å²) < 4.78 is 57.2. The Labute approximate surface area is 120 Å². The van der Waals surface area contributed by atoms with Gasteiger partial charge in [0.15, 0.2) is 0 Å². The quantitative estimate of drug-likeness (QED) is 0.188. The second kappa shape index (κ2) is 20.6. The van der Waals surface area contributed by atoms with Gasteiger partial charge in [0.25, 0.3) is 10.1 Å². The molecule has 0 saturated heterocycles. The van der Waals surface area contributed by atoms with Crippen molar-refractivity contribution in [1.82, 2.24) is 0 Å². The number of halogens is 3.